The van der Waals surface area contributed by atoms with E-state index in [4.69, 9.17) is 0 Å². The lowest BCUT2D eigenvalue weighted by Crippen LogP contribution is -2.40. The van der Waals surface area contributed by atoms with Gasteiger partial charge in [-0.25, -0.2) is 13.1 Å². The van der Waals surface area contributed by atoms with Gasteiger partial charge in [-0.05, 0) is 49.9 Å². The summed E-state index contributed by atoms with van der Waals surface area (Å²) in [6.07, 6.45) is 1.63. The van der Waals surface area contributed by atoms with Crippen molar-refractivity contribution in [2.45, 2.75) is 43.2 Å². The van der Waals surface area contributed by atoms with Crippen molar-refractivity contribution in [3.63, 3.8) is 0 Å². The van der Waals surface area contributed by atoms with Crippen molar-refractivity contribution in [3.05, 3.63) is 28.2 Å². The van der Waals surface area contributed by atoms with Gasteiger partial charge in [0.1, 0.15) is 0 Å². The van der Waals surface area contributed by atoms with Gasteiger partial charge in [-0.3, -0.25) is 0 Å². The van der Waals surface area contributed by atoms with Crippen molar-refractivity contribution >= 4 is 26.0 Å². The van der Waals surface area contributed by atoms with E-state index in [0.717, 1.165) is 10.9 Å². The lowest BCUT2D eigenvalue weighted by atomic mass is 10.2. The van der Waals surface area contributed by atoms with Gasteiger partial charge < -0.3 is 5.11 Å². The van der Waals surface area contributed by atoms with Crippen LogP contribution in [0.4, 0.5) is 0 Å². The fourth-order valence-electron chi connectivity index (χ4n) is 2.26. The molecule has 0 amide bonds. The molecule has 0 unspecified atom stereocenters. The molecule has 1 aliphatic carbocycles. The summed E-state index contributed by atoms with van der Waals surface area (Å²) in [6.45, 7) is 1.75. The molecule has 1 fully saturated rings. The third kappa shape index (κ3) is 2.93. The minimum Gasteiger partial charge on any atom is -0.391 e. The summed E-state index contributed by atoms with van der Waals surface area (Å²) in [4.78, 5) is 0.268. The first-order valence-electron chi connectivity index (χ1n) is 5.87. The van der Waals surface area contributed by atoms with Crippen LogP contribution in [-0.2, 0) is 10.0 Å². The molecule has 0 aromatic heterocycles. The van der Waals surface area contributed by atoms with E-state index in [9.17, 15) is 13.5 Å². The molecule has 100 valence electrons. The molecule has 1 aliphatic rings. The first kappa shape index (κ1) is 14.0. The normalized spacial score (nSPS) is 24.4. The largest absolute Gasteiger partial charge is 0.391 e. The summed E-state index contributed by atoms with van der Waals surface area (Å²) in [7, 11) is -3.55. The zero-order valence-corrected chi connectivity index (χ0v) is 12.5. The lowest BCUT2D eigenvalue weighted by molar-refractivity contribution is 0.159. The first-order valence-corrected chi connectivity index (χ1v) is 8.14. The van der Waals surface area contributed by atoms with Crippen molar-refractivity contribution in [2.75, 3.05) is 0 Å². The summed E-state index contributed by atoms with van der Waals surface area (Å²) in [5, 5.41) is 9.68. The number of hydrogen-bond acceptors (Lipinski definition) is 3. The highest BCUT2D eigenvalue weighted by molar-refractivity contribution is 9.10. The topological polar surface area (TPSA) is 66.4 Å². The van der Waals surface area contributed by atoms with Crippen LogP contribution in [-0.4, -0.2) is 25.7 Å². The number of rotatable bonds is 3. The van der Waals surface area contributed by atoms with Gasteiger partial charge in [0.15, 0.2) is 0 Å². The summed E-state index contributed by atoms with van der Waals surface area (Å²) >= 11 is 3.31. The molecule has 6 heteroatoms. The molecule has 0 radical (unpaired) electrons. The molecule has 0 saturated heterocycles. The summed E-state index contributed by atoms with van der Waals surface area (Å²) < 4.78 is 27.9. The van der Waals surface area contributed by atoms with Crippen LogP contribution in [0.15, 0.2) is 27.6 Å². The van der Waals surface area contributed by atoms with Crippen molar-refractivity contribution in [1.82, 2.24) is 4.72 Å². The van der Waals surface area contributed by atoms with Crippen molar-refractivity contribution in [1.29, 1.82) is 0 Å². The molecule has 18 heavy (non-hydrogen) atoms. The Labute approximate surface area is 116 Å². The Bertz CT molecular complexity index is 544. The highest BCUT2D eigenvalue weighted by atomic mass is 79.9. The van der Waals surface area contributed by atoms with E-state index in [2.05, 4.69) is 20.7 Å². The predicted octanol–water partition coefficient (Wildman–Crippen LogP) is 1.95. The smallest absolute Gasteiger partial charge is 0.241 e. The third-order valence-corrected chi connectivity index (χ3v) is 5.36. The Morgan fingerprint density at radius 3 is 2.67 bits per heavy atom. The van der Waals surface area contributed by atoms with E-state index < -0.39 is 16.1 Å². The molecule has 4 nitrogen and oxygen atoms in total. The lowest BCUT2D eigenvalue weighted by Gasteiger charge is -2.17. The molecule has 0 heterocycles. The van der Waals surface area contributed by atoms with E-state index in [1.165, 1.54) is 0 Å². The summed E-state index contributed by atoms with van der Waals surface area (Å²) in [6, 6.07) is 4.67. The Kier molecular flexibility index (Phi) is 4.11. The van der Waals surface area contributed by atoms with Gasteiger partial charge in [0.25, 0.3) is 0 Å². The fourth-order valence-corrected chi connectivity index (χ4v) is 4.26. The van der Waals surface area contributed by atoms with Crippen LogP contribution in [0.1, 0.15) is 24.8 Å². The number of nitrogens with one attached hydrogen (secondary N) is 1. The number of benzene rings is 1. The quantitative estimate of drug-likeness (QED) is 0.888. The number of aliphatic hydroxyl groups excluding tert-OH is 1. The number of hydrogen-bond donors (Lipinski definition) is 2. The molecule has 2 N–H and O–H groups in total. The number of halogens is 1. The minimum absolute atomic E-state index is 0.268. The number of sulfonamides is 1. The Morgan fingerprint density at radius 1 is 1.39 bits per heavy atom. The van der Waals surface area contributed by atoms with E-state index in [-0.39, 0.29) is 10.9 Å². The summed E-state index contributed by atoms with van der Waals surface area (Å²) in [5.74, 6) is 0. The maximum atomic E-state index is 12.2. The van der Waals surface area contributed by atoms with Crippen LogP contribution in [0.3, 0.4) is 0 Å². The molecule has 0 spiro atoms. The third-order valence-electron chi connectivity index (χ3n) is 3.21. The summed E-state index contributed by atoms with van der Waals surface area (Å²) in [5.41, 5.74) is 0.685. The van der Waals surface area contributed by atoms with Crippen molar-refractivity contribution in [2.24, 2.45) is 0 Å². The molecular formula is C12H16BrNO3S. The zero-order chi connectivity index (χ0) is 13.3. The van der Waals surface area contributed by atoms with Crippen LogP contribution < -0.4 is 4.72 Å². The molecule has 0 aliphatic heterocycles. The molecular weight excluding hydrogens is 318 g/mol. The predicted molar refractivity (Wildman–Crippen MR) is 72.8 cm³/mol. The number of aryl methyl sites for hydroxylation is 1. The SMILES string of the molecule is Cc1cc(Br)ccc1S(=O)(=O)N[C@H]1CCC[C@H]1O. The molecule has 1 saturated carbocycles. The van der Waals surface area contributed by atoms with Crippen molar-refractivity contribution in [3.8, 4) is 0 Å². The average Bonchev–Trinajstić information content (AvgIpc) is 2.63. The molecule has 2 atom stereocenters. The molecule has 1 aromatic carbocycles. The van der Waals surface area contributed by atoms with Gasteiger partial charge in [0.2, 0.25) is 10.0 Å². The monoisotopic (exact) mass is 333 g/mol. The van der Waals surface area contributed by atoms with E-state index in [1.54, 1.807) is 25.1 Å². The van der Waals surface area contributed by atoms with Crippen molar-refractivity contribution < 1.29 is 13.5 Å². The van der Waals surface area contributed by atoms with Gasteiger partial charge in [0, 0.05) is 10.5 Å². The van der Waals surface area contributed by atoms with E-state index >= 15 is 0 Å². The van der Waals surface area contributed by atoms with Crippen LogP contribution in [0.5, 0.6) is 0 Å². The van der Waals surface area contributed by atoms with Gasteiger partial charge in [-0.2, -0.15) is 0 Å². The molecule has 0 bridgehead atoms. The molecule has 2 rings (SSSR count). The number of aliphatic hydroxyl groups is 1. The maximum absolute atomic E-state index is 12.2. The fraction of sp³-hybridized carbons (Fsp3) is 0.500. The Balaban J connectivity index is 2.25. The van der Waals surface area contributed by atoms with Crippen LogP contribution >= 0.6 is 15.9 Å². The Hall–Kier alpha value is -0.430. The Morgan fingerprint density at radius 2 is 2.11 bits per heavy atom. The first-order chi connectivity index (χ1) is 8.40. The molecule has 1 aromatic rings. The van der Waals surface area contributed by atoms with Crippen LogP contribution in [0.25, 0.3) is 0 Å². The average molecular weight is 334 g/mol. The van der Waals surface area contributed by atoms with Crippen LogP contribution in [0.2, 0.25) is 0 Å². The van der Waals surface area contributed by atoms with Gasteiger partial charge in [-0.15, -0.1) is 0 Å². The van der Waals surface area contributed by atoms with Crippen LogP contribution in [0, 0.1) is 6.92 Å². The van der Waals surface area contributed by atoms with E-state index in [0.29, 0.717) is 18.4 Å². The second-order valence-electron chi connectivity index (χ2n) is 4.64. The van der Waals surface area contributed by atoms with E-state index in [1.807, 2.05) is 0 Å². The highest BCUT2D eigenvalue weighted by Gasteiger charge is 2.30. The second-order valence-corrected chi connectivity index (χ2v) is 7.23. The van der Waals surface area contributed by atoms with Gasteiger partial charge in [0.05, 0.1) is 11.0 Å². The standard InChI is InChI=1S/C12H16BrNO3S/c1-8-7-9(13)5-6-12(8)18(16,17)14-10-3-2-4-11(10)15/h5-7,10-11,14-15H,2-4H2,1H3/t10-,11+/m0/s1. The van der Waals surface area contributed by atoms with Gasteiger partial charge >= 0.3 is 0 Å². The maximum Gasteiger partial charge on any atom is 0.241 e. The second kappa shape index (κ2) is 5.28. The minimum atomic E-state index is -3.55. The highest BCUT2D eigenvalue weighted by Crippen LogP contribution is 2.24. The zero-order valence-electron chi connectivity index (χ0n) is 10.1. The van der Waals surface area contributed by atoms with Gasteiger partial charge in [-0.1, -0.05) is 15.9 Å².